The molecule has 0 spiro atoms. The number of piperidine rings is 1. The summed E-state index contributed by atoms with van der Waals surface area (Å²) in [5, 5.41) is 0.815. The van der Waals surface area contributed by atoms with Crippen molar-refractivity contribution in [1.82, 2.24) is 4.90 Å². The Morgan fingerprint density at radius 1 is 1.45 bits per heavy atom. The standard InChI is InChI=1S/C16H24BrClN2/c1-2-5-13-6-3-4-9-20(13)16(11-19)14-8-7-12(17)10-15(14)18/h7-8,10,13,16H,2-6,9,11,19H2,1H3. The van der Waals surface area contributed by atoms with Crippen molar-refractivity contribution < 1.29 is 0 Å². The van der Waals surface area contributed by atoms with E-state index in [0.29, 0.717) is 12.6 Å². The molecule has 1 aliphatic heterocycles. The maximum Gasteiger partial charge on any atom is 0.0488 e. The molecule has 0 amide bonds. The predicted molar refractivity (Wildman–Crippen MR) is 90.2 cm³/mol. The molecule has 0 radical (unpaired) electrons. The quantitative estimate of drug-likeness (QED) is 0.821. The number of hydrogen-bond donors (Lipinski definition) is 1. The molecular weight excluding hydrogens is 336 g/mol. The number of hydrogen-bond acceptors (Lipinski definition) is 2. The first-order valence-corrected chi connectivity index (χ1v) is 8.75. The largest absolute Gasteiger partial charge is 0.329 e. The molecule has 1 fully saturated rings. The summed E-state index contributed by atoms with van der Waals surface area (Å²) in [5.41, 5.74) is 7.26. The number of benzene rings is 1. The highest BCUT2D eigenvalue weighted by molar-refractivity contribution is 9.10. The number of halogens is 2. The van der Waals surface area contributed by atoms with Gasteiger partial charge in [0.25, 0.3) is 0 Å². The van der Waals surface area contributed by atoms with Crippen LogP contribution in [0.3, 0.4) is 0 Å². The topological polar surface area (TPSA) is 29.3 Å². The van der Waals surface area contributed by atoms with Crippen LogP contribution in [0, 0.1) is 0 Å². The Hall–Kier alpha value is -0.0900. The van der Waals surface area contributed by atoms with Crippen LogP contribution in [0.2, 0.25) is 5.02 Å². The van der Waals surface area contributed by atoms with E-state index in [-0.39, 0.29) is 6.04 Å². The lowest BCUT2D eigenvalue weighted by Crippen LogP contribution is -2.44. The Bertz CT molecular complexity index is 436. The first-order chi connectivity index (χ1) is 9.67. The van der Waals surface area contributed by atoms with E-state index in [1.54, 1.807) is 0 Å². The number of rotatable bonds is 5. The molecule has 1 aromatic rings. The Balaban J connectivity index is 2.25. The van der Waals surface area contributed by atoms with E-state index >= 15 is 0 Å². The second kappa shape index (κ2) is 7.79. The predicted octanol–water partition coefficient (Wildman–Crippen LogP) is 4.76. The molecule has 1 heterocycles. The van der Waals surface area contributed by atoms with E-state index in [1.165, 1.54) is 37.7 Å². The van der Waals surface area contributed by atoms with E-state index in [9.17, 15) is 0 Å². The minimum absolute atomic E-state index is 0.243. The molecule has 1 saturated heterocycles. The van der Waals surface area contributed by atoms with Crippen molar-refractivity contribution in [2.75, 3.05) is 13.1 Å². The molecule has 1 aliphatic rings. The SMILES string of the molecule is CCCC1CCCCN1C(CN)c1ccc(Br)cc1Cl. The third-order valence-electron chi connectivity index (χ3n) is 4.24. The van der Waals surface area contributed by atoms with Crippen molar-refractivity contribution in [3.63, 3.8) is 0 Å². The lowest BCUT2D eigenvalue weighted by molar-refractivity contribution is 0.0913. The zero-order chi connectivity index (χ0) is 14.5. The van der Waals surface area contributed by atoms with Gasteiger partial charge in [-0.3, -0.25) is 4.90 Å². The van der Waals surface area contributed by atoms with E-state index in [1.807, 2.05) is 6.07 Å². The maximum atomic E-state index is 6.43. The molecule has 0 saturated carbocycles. The van der Waals surface area contributed by atoms with Gasteiger partial charge in [0.05, 0.1) is 0 Å². The Kier molecular flexibility index (Phi) is 6.34. The third-order valence-corrected chi connectivity index (χ3v) is 5.06. The second-order valence-corrected chi connectivity index (χ2v) is 6.92. The van der Waals surface area contributed by atoms with Gasteiger partial charge in [-0.05, 0) is 43.5 Å². The van der Waals surface area contributed by atoms with Crippen LogP contribution in [0.5, 0.6) is 0 Å². The molecule has 112 valence electrons. The zero-order valence-corrected chi connectivity index (χ0v) is 14.5. The van der Waals surface area contributed by atoms with Crippen molar-refractivity contribution in [1.29, 1.82) is 0 Å². The summed E-state index contributed by atoms with van der Waals surface area (Å²) in [7, 11) is 0. The van der Waals surface area contributed by atoms with Crippen molar-refractivity contribution in [2.45, 2.75) is 51.1 Å². The van der Waals surface area contributed by atoms with Gasteiger partial charge in [0, 0.05) is 28.1 Å². The summed E-state index contributed by atoms with van der Waals surface area (Å²) in [6.07, 6.45) is 6.38. The van der Waals surface area contributed by atoms with Crippen LogP contribution in [0.15, 0.2) is 22.7 Å². The Morgan fingerprint density at radius 3 is 2.90 bits per heavy atom. The lowest BCUT2D eigenvalue weighted by Gasteiger charge is -2.41. The van der Waals surface area contributed by atoms with Crippen LogP contribution in [0.4, 0.5) is 0 Å². The summed E-state index contributed by atoms with van der Waals surface area (Å²) in [4.78, 5) is 2.59. The van der Waals surface area contributed by atoms with Gasteiger partial charge in [0.1, 0.15) is 0 Å². The first kappa shape index (κ1) is 16.3. The monoisotopic (exact) mass is 358 g/mol. The molecule has 0 aliphatic carbocycles. The minimum atomic E-state index is 0.243. The van der Waals surface area contributed by atoms with Gasteiger partial charge in [-0.25, -0.2) is 0 Å². The van der Waals surface area contributed by atoms with E-state index in [2.05, 4.69) is 39.9 Å². The van der Waals surface area contributed by atoms with E-state index in [0.717, 1.165) is 16.0 Å². The van der Waals surface area contributed by atoms with Crippen LogP contribution in [-0.2, 0) is 0 Å². The number of nitrogens with two attached hydrogens (primary N) is 1. The molecular formula is C16H24BrClN2. The normalized spacial score (nSPS) is 21.9. The van der Waals surface area contributed by atoms with Gasteiger partial charge in [0.2, 0.25) is 0 Å². The summed E-state index contributed by atoms with van der Waals surface area (Å²) < 4.78 is 1.02. The summed E-state index contributed by atoms with van der Waals surface area (Å²) >= 11 is 9.91. The molecule has 2 rings (SSSR count). The third kappa shape index (κ3) is 3.76. The lowest BCUT2D eigenvalue weighted by atomic mass is 9.93. The summed E-state index contributed by atoms with van der Waals surface area (Å²) in [6, 6.07) is 7.04. The van der Waals surface area contributed by atoms with Crippen LogP contribution >= 0.6 is 27.5 Å². The molecule has 2 N–H and O–H groups in total. The van der Waals surface area contributed by atoms with E-state index in [4.69, 9.17) is 17.3 Å². The Labute approximate surface area is 135 Å². The van der Waals surface area contributed by atoms with Crippen LogP contribution < -0.4 is 5.73 Å². The second-order valence-electron chi connectivity index (χ2n) is 5.59. The van der Waals surface area contributed by atoms with Gasteiger partial charge in [-0.15, -0.1) is 0 Å². The number of nitrogens with zero attached hydrogens (tertiary/aromatic N) is 1. The molecule has 2 atom stereocenters. The van der Waals surface area contributed by atoms with E-state index < -0.39 is 0 Å². The molecule has 1 aromatic carbocycles. The summed E-state index contributed by atoms with van der Waals surface area (Å²) in [5.74, 6) is 0. The molecule has 2 nitrogen and oxygen atoms in total. The highest BCUT2D eigenvalue weighted by Crippen LogP contribution is 2.34. The maximum absolute atomic E-state index is 6.43. The first-order valence-electron chi connectivity index (χ1n) is 7.58. The van der Waals surface area contributed by atoms with Crippen LogP contribution in [0.25, 0.3) is 0 Å². The van der Waals surface area contributed by atoms with Crippen molar-refractivity contribution >= 4 is 27.5 Å². The van der Waals surface area contributed by atoms with Gasteiger partial charge < -0.3 is 5.73 Å². The zero-order valence-electron chi connectivity index (χ0n) is 12.1. The van der Waals surface area contributed by atoms with Crippen molar-refractivity contribution in [3.8, 4) is 0 Å². The average molecular weight is 360 g/mol. The highest BCUT2D eigenvalue weighted by Gasteiger charge is 2.29. The van der Waals surface area contributed by atoms with Gasteiger partial charge in [0.15, 0.2) is 0 Å². The highest BCUT2D eigenvalue weighted by atomic mass is 79.9. The van der Waals surface area contributed by atoms with Crippen LogP contribution in [-0.4, -0.2) is 24.0 Å². The fourth-order valence-electron chi connectivity index (χ4n) is 3.29. The molecule has 20 heavy (non-hydrogen) atoms. The fourth-order valence-corrected chi connectivity index (χ4v) is 4.09. The molecule has 2 unspecified atom stereocenters. The van der Waals surface area contributed by atoms with Gasteiger partial charge in [-0.2, -0.15) is 0 Å². The minimum Gasteiger partial charge on any atom is -0.329 e. The van der Waals surface area contributed by atoms with Crippen molar-refractivity contribution in [2.24, 2.45) is 5.73 Å². The molecule has 0 aromatic heterocycles. The van der Waals surface area contributed by atoms with Crippen LogP contribution in [0.1, 0.15) is 50.6 Å². The number of likely N-dealkylation sites (tertiary alicyclic amines) is 1. The Morgan fingerprint density at radius 2 is 2.25 bits per heavy atom. The summed E-state index contributed by atoms with van der Waals surface area (Å²) in [6.45, 7) is 4.03. The average Bonchev–Trinajstić information content (AvgIpc) is 2.44. The van der Waals surface area contributed by atoms with Gasteiger partial charge in [-0.1, -0.05) is 53.4 Å². The molecule has 0 bridgehead atoms. The van der Waals surface area contributed by atoms with Crippen molar-refractivity contribution in [3.05, 3.63) is 33.3 Å². The van der Waals surface area contributed by atoms with Gasteiger partial charge >= 0.3 is 0 Å². The molecule has 4 heteroatoms. The smallest absolute Gasteiger partial charge is 0.0488 e. The fraction of sp³-hybridized carbons (Fsp3) is 0.625.